The van der Waals surface area contributed by atoms with Crippen LogP contribution in [-0.2, 0) is 0 Å². The Morgan fingerprint density at radius 2 is 1.58 bits per heavy atom. The van der Waals surface area contributed by atoms with Crippen molar-refractivity contribution in [1.82, 2.24) is 5.43 Å². The molecule has 2 amide bonds. The number of hydrazone groups is 1. The molecule has 31 heavy (non-hydrogen) atoms. The average molecular weight is 417 g/mol. The zero-order valence-electron chi connectivity index (χ0n) is 16.5. The Kier molecular flexibility index (Phi) is 6.36. The van der Waals surface area contributed by atoms with Crippen LogP contribution in [0.15, 0.2) is 77.9 Å². The maximum atomic E-state index is 12.3. The van der Waals surface area contributed by atoms with Crippen molar-refractivity contribution in [3.63, 3.8) is 0 Å². The monoisotopic (exact) mass is 417 g/mol. The topological polar surface area (TPSA) is 140 Å². The standard InChI is InChI=1S/C22H19N5O4/c1-14(25-26-22(29)17-11-18(23)13-20(12-17)27(30)31)15-7-9-19(10-8-15)24-21(28)16-5-3-2-4-6-16/h2-13H,23H2,1H3,(H,24,28)(H,26,29). The Labute approximate surface area is 177 Å². The smallest absolute Gasteiger partial charge is 0.272 e. The number of hydrogen-bond acceptors (Lipinski definition) is 6. The summed E-state index contributed by atoms with van der Waals surface area (Å²) in [5.74, 6) is -0.844. The summed E-state index contributed by atoms with van der Waals surface area (Å²) in [5.41, 5.74) is 10.2. The summed E-state index contributed by atoms with van der Waals surface area (Å²) in [6.07, 6.45) is 0. The van der Waals surface area contributed by atoms with Crippen molar-refractivity contribution >= 4 is 34.6 Å². The Morgan fingerprint density at radius 3 is 2.23 bits per heavy atom. The Bertz CT molecular complexity index is 1160. The van der Waals surface area contributed by atoms with Crippen LogP contribution in [0.25, 0.3) is 0 Å². The third kappa shape index (κ3) is 5.51. The highest BCUT2D eigenvalue weighted by Gasteiger charge is 2.13. The van der Waals surface area contributed by atoms with Gasteiger partial charge in [-0.05, 0) is 42.8 Å². The summed E-state index contributed by atoms with van der Waals surface area (Å²) in [4.78, 5) is 34.8. The van der Waals surface area contributed by atoms with Crippen molar-refractivity contribution in [2.75, 3.05) is 11.1 Å². The summed E-state index contributed by atoms with van der Waals surface area (Å²) in [6.45, 7) is 1.69. The second-order valence-electron chi connectivity index (χ2n) is 6.61. The zero-order valence-corrected chi connectivity index (χ0v) is 16.5. The number of nitrogens with one attached hydrogen (secondary N) is 2. The molecule has 4 N–H and O–H groups in total. The lowest BCUT2D eigenvalue weighted by Gasteiger charge is -2.07. The first-order valence-corrected chi connectivity index (χ1v) is 9.20. The molecular weight excluding hydrogens is 398 g/mol. The molecule has 0 radical (unpaired) electrons. The van der Waals surface area contributed by atoms with Gasteiger partial charge in [0.2, 0.25) is 0 Å². The fourth-order valence-electron chi connectivity index (χ4n) is 2.72. The number of nitro groups is 1. The minimum absolute atomic E-state index is 0.0298. The number of anilines is 2. The molecule has 0 aliphatic carbocycles. The Hall–Kier alpha value is -4.53. The van der Waals surface area contributed by atoms with Crippen molar-refractivity contribution in [3.8, 4) is 0 Å². The highest BCUT2D eigenvalue weighted by atomic mass is 16.6. The third-order valence-corrected chi connectivity index (χ3v) is 4.33. The number of amides is 2. The number of carbonyl (C=O) groups is 2. The van der Waals surface area contributed by atoms with Crippen molar-refractivity contribution < 1.29 is 14.5 Å². The van der Waals surface area contributed by atoms with Gasteiger partial charge in [-0.15, -0.1) is 0 Å². The Balaban J connectivity index is 1.66. The van der Waals surface area contributed by atoms with Crippen molar-refractivity contribution in [1.29, 1.82) is 0 Å². The molecule has 0 saturated carbocycles. The molecule has 156 valence electrons. The lowest BCUT2D eigenvalue weighted by Crippen LogP contribution is -2.19. The van der Waals surface area contributed by atoms with Crippen LogP contribution in [0.3, 0.4) is 0 Å². The van der Waals surface area contributed by atoms with Gasteiger partial charge in [0.05, 0.1) is 16.2 Å². The first kappa shape index (κ1) is 21.2. The first-order valence-electron chi connectivity index (χ1n) is 9.20. The van der Waals surface area contributed by atoms with E-state index >= 15 is 0 Å². The zero-order chi connectivity index (χ0) is 22.4. The number of nitrogens with zero attached hydrogens (tertiary/aromatic N) is 2. The number of nitro benzene ring substituents is 1. The Morgan fingerprint density at radius 1 is 0.903 bits per heavy atom. The van der Waals surface area contributed by atoms with Gasteiger partial charge in [0.25, 0.3) is 17.5 Å². The van der Waals surface area contributed by atoms with Crippen molar-refractivity contribution in [3.05, 3.63) is 99.6 Å². The minimum atomic E-state index is -0.625. The van der Waals surface area contributed by atoms with E-state index in [2.05, 4.69) is 15.8 Å². The van der Waals surface area contributed by atoms with E-state index in [0.717, 1.165) is 11.6 Å². The molecule has 0 fully saturated rings. The largest absolute Gasteiger partial charge is 0.399 e. The molecule has 0 bridgehead atoms. The van der Waals surface area contributed by atoms with Gasteiger partial charge in [0, 0.05) is 29.1 Å². The predicted molar refractivity (Wildman–Crippen MR) is 118 cm³/mol. The molecule has 3 aromatic carbocycles. The highest BCUT2D eigenvalue weighted by Crippen LogP contribution is 2.18. The van der Waals surface area contributed by atoms with Crippen LogP contribution in [0.2, 0.25) is 0 Å². The molecule has 3 rings (SSSR count). The molecule has 0 unspecified atom stereocenters. The average Bonchev–Trinajstić information content (AvgIpc) is 2.77. The molecule has 9 nitrogen and oxygen atoms in total. The van der Waals surface area contributed by atoms with Gasteiger partial charge >= 0.3 is 0 Å². The molecule has 0 heterocycles. The van der Waals surface area contributed by atoms with Crippen LogP contribution in [0.5, 0.6) is 0 Å². The fourth-order valence-corrected chi connectivity index (χ4v) is 2.72. The number of hydrogen-bond donors (Lipinski definition) is 3. The van der Waals surface area contributed by atoms with E-state index in [1.807, 2.05) is 6.07 Å². The molecule has 9 heteroatoms. The van der Waals surface area contributed by atoms with Crippen LogP contribution in [-0.4, -0.2) is 22.4 Å². The summed E-state index contributed by atoms with van der Waals surface area (Å²) >= 11 is 0. The van der Waals surface area contributed by atoms with E-state index in [1.165, 1.54) is 12.1 Å². The van der Waals surface area contributed by atoms with Gasteiger partial charge in [-0.1, -0.05) is 30.3 Å². The molecule has 0 atom stereocenters. The molecular formula is C22H19N5O4. The quantitative estimate of drug-likeness (QED) is 0.243. The summed E-state index contributed by atoms with van der Waals surface area (Å²) in [7, 11) is 0. The van der Waals surface area contributed by atoms with Crippen LogP contribution < -0.4 is 16.5 Å². The number of non-ortho nitro benzene ring substituents is 1. The lowest BCUT2D eigenvalue weighted by atomic mass is 10.1. The number of carbonyl (C=O) groups excluding carboxylic acids is 2. The summed E-state index contributed by atoms with van der Waals surface area (Å²) < 4.78 is 0. The number of nitrogen functional groups attached to an aromatic ring is 1. The normalized spacial score (nSPS) is 10.9. The molecule has 0 spiro atoms. The molecule has 3 aromatic rings. The molecule has 0 aliphatic heterocycles. The van der Waals surface area contributed by atoms with Crippen LogP contribution in [0.1, 0.15) is 33.2 Å². The number of rotatable bonds is 6. The van der Waals surface area contributed by atoms with Gasteiger partial charge < -0.3 is 11.1 Å². The van der Waals surface area contributed by atoms with Gasteiger partial charge in [0.1, 0.15) is 0 Å². The highest BCUT2D eigenvalue weighted by molar-refractivity contribution is 6.05. The summed E-state index contributed by atoms with van der Waals surface area (Å²) in [6, 6.07) is 19.4. The van der Waals surface area contributed by atoms with E-state index < -0.39 is 10.8 Å². The van der Waals surface area contributed by atoms with Crippen molar-refractivity contribution in [2.24, 2.45) is 5.10 Å². The van der Waals surface area contributed by atoms with Gasteiger partial charge in [-0.25, -0.2) is 5.43 Å². The third-order valence-electron chi connectivity index (χ3n) is 4.33. The van der Waals surface area contributed by atoms with Crippen LogP contribution >= 0.6 is 0 Å². The van der Waals surface area contributed by atoms with Gasteiger partial charge in [-0.2, -0.15) is 5.10 Å². The second kappa shape index (κ2) is 9.31. The predicted octanol–water partition coefficient (Wildman–Crippen LogP) is 3.58. The fraction of sp³-hybridized carbons (Fsp3) is 0.0455. The molecule has 0 saturated heterocycles. The summed E-state index contributed by atoms with van der Waals surface area (Å²) in [5, 5.41) is 17.8. The minimum Gasteiger partial charge on any atom is -0.399 e. The SMILES string of the molecule is CC(=NNC(=O)c1cc(N)cc([N+](=O)[O-])c1)c1ccc(NC(=O)c2ccccc2)cc1. The number of nitrogens with two attached hydrogens (primary N) is 1. The maximum Gasteiger partial charge on any atom is 0.272 e. The van der Waals surface area contributed by atoms with Gasteiger partial charge in [0.15, 0.2) is 0 Å². The molecule has 0 aromatic heterocycles. The van der Waals surface area contributed by atoms with E-state index in [-0.39, 0.29) is 22.8 Å². The van der Waals surface area contributed by atoms with Crippen LogP contribution in [0.4, 0.5) is 17.1 Å². The first-order chi connectivity index (χ1) is 14.8. The van der Waals surface area contributed by atoms with E-state index in [9.17, 15) is 19.7 Å². The van der Waals surface area contributed by atoms with Gasteiger partial charge in [-0.3, -0.25) is 19.7 Å². The van der Waals surface area contributed by atoms with Crippen LogP contribution in [0, 0.1) is 10.1 Å². The number of benzene rings is 3. The lowest BCUT2D eigenvalue weighted by molar-refractivity contribution is -0.384. The second-order valence-corrected chi connectivity index (χ2v) is 6.61. The maximum absolute atomic E-state index is 12.3. The molecule has 0 aliphatic rings. The van der Waals surface area contributed by atoms with E-state index in [4.69, 9.17) is 5.73 Å². The van der Waals surface area contributed by atoms with E-state index in [1.54, 1.807) is 55.5 Å². The van der Waals surface area contributed by atoms with Crippen molar-refractivity contribution in [2.45, 2.75) is 6.92 Å². The van der Waals surface area contributed by atoms with E-state index in [0.29, 0.717) is 17.0 Å².